The highest BCUT2D eigenvalue weighted by Gasteiger charge is 2.23. The summed E-state index contributed by atoms with van der Waals surface area (Å²) in [5, 5.41) is 0. The maximum Gasteiger partial charge on any atom is 0.253 e. The van der Waals surface area contributed by atoms with Gasteiger partial charge in [0, 0.05) is 22.2 Å². The number of nitrogens with zero attached hydrogens (tertiary/aromatic N) is 1. The van der Waals surface area contributed by atoms with Gasteiger partial charge in [0.25, 0.3) is 5.91 Å². The van der Waals surface area contributed by atoms with E-state index in [0.29, 0.717) is 0 Å². The first kappa shape index (κ1) is 12.9. The molecule has 0 N–H and O–H groups in total. The molecule has 2 rings (SSSR count). The molecule has 0 heterocycles. The lowest BCUT2D eigenvalue weighted by atomic mass is 9.85. The minimum absolute atomic E-state index is 0.179. The summed E-state index contributed by atoms with van der Waals surface area (Å²) in [4.78, 5) is 14.3. The van der Waals surface area contributed by atoms with E-state index in [1.165, 1.54) is 19.3 Å². The van der Waals surface area contributed by atoms with Gasteiger partial charge in [-0.25, -0.2) is 0 Å². The molecular formula is C14H18INO. The first-order valence-electron chi connectivity index (χ1n) is 6.25. The van der Waals surface area contributed by atoms with Gasteiger partial charge in [-0.1, -0.05) is 12.5 Å². The second kappa shape index (κ2) is 5.85. The Morgan fingerprint density at radius 1 is 1.47 bits per heavy atom. The van der Waals surface area contributed by atoms with E-state index in [1.807, 2.05) is 29.2 Å². The third kappa shape index (κ3) is 3.21. The molecule has 92 valence electrons. The summed E-state index contributed by atoms with van der Waals surface area (Å²) in [6.07, 6.45) is 3.91. The average Bonchev–Trinajstić information content (AvgIpc) is 2.27. The van der Waals surface area contributed by atoms with Crippen molar-refractivity contribution in [2.45, 2.75) is 26.2 Å². The number of carbonyl (C=O) groups excluding carboxylic acids is 1. The van der Waals surface area contributed by atoms with Crippen molar-refractivity contribution in [2.24, 2.45) is 5.92 Å². The molecule has 1 aliphatic rings. The van der Waals surface area contributed by atoms with Gasteiger partial charge < -0.3 is 4.90 Å². The molecular weight excluding hydrogens is 325 g/mol. The highest BCUT2D eigenvalue weighted by Crippen LogP contribution is 2.27. The minimum atomic E-state index is 0.179. The maximum absolute atomic E-state index is 12.3. The first-order chi connectivity index (χ1) is 8.20. The zero-order valence-corrected chi connectivity index (χ0v) is 12.3. The molecule has 1 aliphatic carbocycles. The smallest absolute Gasteiger partial charge is 0.253 e. The van der Waals surface area contributed by atoms with Crippen LogP contribution in [0, 0.1) is 9.49 Å². The molecule has 17 heavy (non-hydrogen) atoms. The highest BCUT2D eigenvalue weighted by molar-refractivity contribution is 14.1. The van der Waals surface area contributed by atoms with Crippen LogP contribution >= 0.6 is 22.6 Å². The van der Waals surface area contributed by atoms with Crippen molar-refractivity contribution in [1.29, 1.82) is 0 Å². The molecule has 0 spiro atoms. The number of halogens is 1. The number of hydrogen-bond acceptors (Lipinski definition) is 1. The molecule has 1 fully saturated rings. The Kier molecular flexibility index (Phi) is 4.42. The first-order valence-corrected chi connectivity index (χ1v) is 7.33. The third-order valence-corrected chi connectivity index (χ3v) is 4.11. The Balaban J connectivity index is 2.05. The van der Waals surface area contributed by atoms with Crippen LogP contribution < -0.4 is 0 Å². The van der Waals surface area contributed by atoms with Crippen molar-refractivity contribution in [3.05, 3.63) is 33.4 Å². The molecule has 3 heteroatoms. The van der Waals surface area contributed by atoms with Gasteiger partial charge in [-0.15, -0.1) is 0 Å². The Morgan fingerprint density at radius 3 is 2.76 bits per heavy atom. The summed E-state index contributed by atoms with van der Waals surface area (Å²) >= 11 is 2.25. The average molecular weight is 343 g/mol. The lowest BCUT2D eigenvalue weighted by molar-refractivity contribution is 0.0706. The molecule has 0 radical (unpaired) electrons. The predicted octanol–water partition coefficient (Wildman–Crippen LogP) is 3.55. The maximum atomic E-state index is 12.3. The summed E-state index contributed by atoms with van der Waals surface area (Å²) in [5.74, 6) is 0.916. The monoisotopic (exact) mass is 343 g/mol. The van der Waals surface area contributed by atoms with Crippen LogP contribution in [-0.4, -0.2) is 23.9 Å². The number of benzene rings is 1. The Hall–Kier alpha value is -0.580. The molecule has 0 aromatic heterocycles. The van der Waals surface area contributed by atoms with Crippen molar-refractivity contribution in [2.75, 3.05) is 13.1 Å². The van der Waals surface area contributed by atoms with Crippen LogP contribution in [0.2, 0.25) is 0 Å². The van der Waals surface area contributed by atoms with E-state index in [2.05, 4.69) is 29.5 Å². The quantitative estimate of drug-likeness (QED) is 0.766. The van der Waals surface area contributed by atoms with E-state index in [-0.39, 0.29) is 5.91 Å². The number of hydrogen-bond donors (Lipinski definition) is 0. The van der Waals surface area contributed by atoms with Gasteiger partial charge in [0.15, 0.2) is 0 Å². The van der Waals surface area contributed by atoms with Crippen molar-refractivity contribution in [1.82, 2.24) is 4.90 Å². The van der Waals surface area contributed by atoms with E-state index in [9.17, 15) is 4.79 Å². The fraction of sp³-hybridized carbons (Fsp3) is 0.500. The molecule has 0 aliphatic heterocycles. The lowest BCUT2D eigenvalue weighted by Crippen LogP contribution is -2.37. The van der Waals surface area contributed by atoms with Crippen LogP contribution in [0.15, 0.2) is 24.3 Å². The zero-order valence-electron chi connectivity index (χ0n) is 10.2. The number of rotatable bonds is 4. The van der Waals surface area contributed by atoms with Gasteiger partial charge in [0.2, 0.25) is 0 Å². The second-order valence-electron chi connectivity index (χ2n) is 4.65. The normalized spacial score (nSPS) is 15.4. The van der Waals surface area contributed by atoms with Gasteiger partial charge in [0.1, 0.15) is 0 Å². The van der Waals surface area contributed by atoms with Crippen LogP contribution in [0.1, 0.15) is 36.5 Å². The van der Waals surface area contributed by atoms with Crippen LogP contribution in [0.25, 0.3) is 0 Å². The van der Waals surface area contributed by atoms with Crippen LogP contribution in [0.5, 0.6) is 0 Å². The van der Waals surface area contributed by atoms with Gasteiger partial charge in [0.05, 0.1) is 0 Å². The largest absolute Gasteiger partial charge is 0.339 e. The number of carbonyl (C=O) groups is 1. The Bertz CT molecular complexity index is 401. The summed E-state index contributed by atoms with van der Waals surface area (Å²) < 4.78 is 1.12. The fourth-order valence-electron chi connectivity index (χ4n) is 2.15. The Labute approximate surface area is 117 Å². The van der Waals surface area contributed by atoms with Crippen molar-refractivity contribution >= 4 is 28.5 Å². The minimum Gasteiger partial charge on any atom is -0.339 e. The molecule has 2 nitrogen and oxygen atoms in total. The van der Waals surface area contributed by atoms with Gasteiger partial charge in [-0.05, 0) is 66.5 Å². The predicted molar refractivity (Wildman–Crippen MR) is 78.1 cm³/mol. The van der Waals surface area contributed by atoms with Crippen molar-refractivity contribution in [3.63, 3.8) is 0 Å². The van der Waals surface area contributed by atoms with E-state index >= 15 is 0 Å². The van der Waals surface area contributed by atoms with E-state index in [4.69, 9.17) is 0 Å². The molecule has 1 saturated carbocycles. The SMILES string of the molecule is CCN(CC1CCC1)C(=O)c1cccc(I)c1. The van der Waals surface area contributed by atoms with Crippen LogP contribution in [0.3, 0.4) is 0 Å². The van der Waals surface area contributed by atoms with Gasteiger partial charge in [-0.2, -0.15) is 0 Å². The lowest BCUT2D eigenvalue weighted by Gasteiger charge is -2.31. The summed E-state index contributed by atoms with van der Waals surface area (Å²) in [7, 11) is 0. The molecule has 1 aromatic carbocycles. The highest BCUT2D eigenvalue weighted by atomic mass is 127. The van der Waals surface area contributed by atoms with Crippen LogP contribution in [-0.2, 0) is 0 Å². The molecule has 0 bridgehead atoms. The standard InChI is InChI=1S/C14H18INO/c1-2-16(10-11-5-3-6-11)14(17)12-7-4-8-13(15)9-12/h4,7-9,11H,2-3,5-6,10H2,1H3. The van der Waals surface area contributed by atoms with Crippen molar-refractivity contribution < 1.29 is 4.79 Å². The summed E-state index contributed by atoms with van der Waals surface area (Å²) in [6, 6.07) is 7.84. The molecule has 0 unspecified atom stereocenters. The summed E-state index contributed by atoms with van der Waals surface area (Å²) in [5.41, 5.74) is 0.818. The number of amides is 1. The molecule has 0 atom stereocenters. The summed E-state index contributed by atoms with van der Waals surface area (Å²) in [6.45, 7) is 3.80. The van der Waals surface area contributed by atoms with E-state index < -0.39 is 0 Å². The fourth-order valence-corrected chi connectivity index (χ4v) is 2.69. The Morgan fingerprint density at radius 2 is 2.24 bits per heavy atom. The van der Waals surface area contributed by atoms with E-state index in [1.54, 1.807) is 0 Å². The molecule has 1 aromatic rings. The van der Waals surface area contributed by atoms with Crippen LogP contribution in [0.4, 0.5) is 0 Å². The van der Waals surface area contributed by atoms with Crippen molar-refractivity contribution in [3.8, 4) is 0 Å². The molecule has 1 amide bonds. The topological polar surface area (TPSA) is 20.3 Å². The van der Waals surface area contributed by atoms with Gasteiger partial charge >= 0.3 is 0 Å². The zero-order chi connectivity index (χ0) is 12.3. The van der Waals surface area contributed by atoms with E-state index in [0.717, 1.165) is 28.1 Å². The second-order valence-corrected chi connectivity index (χ2v) is 5.90. The van der Waals surface area contributed by atoms with Gasteiger partial charge in [-0.3, -0.25) is 4.79 Å². The third-order valence-electron chi connectivity index (χ3n) is 3.44. The molecule has 0 saturated heterocycles.